The van der Waals surface area contributed by atoms with Gasteiger partial charge in [-0.1, -0.05) is 0 Å². The third-order valence-corrected chi connectivity index (χ3v) is 4.67. The molecule has 194 valence electrons. The van der Waals surface area contributed by atoms with Gasteiger partial charge in [-0.05, 0) is 13.3 Å². The van der Waals surface area contributed by atoms with Crippen LogP contribution in [-0.2, 0) is 35.2 Å². The van der Waals surface area contributed by atoms with E-state index in [1.54, 1.807) is 0 Å². The molecule has 5 atom stereocenters. The number of H-pyrrole nitrogens is 1. The Morgan fingerprint density at radius 3 is 2.06 bits per heavy atom. The van der Waals surface area contributed by atoms with Crippen LogP contribution in [0.1, 0.15) is 31.9 Å². The molecule has 3 amide bonds. The number of aliphatic carboxylic acids is 3. The summed E-state index contributed by atoms with van der Waals surface area (Å²) < 4.78 is 0. The number of hydrogen-bond donors (Lipinski definition) is 9. The standard InChI is InChI=1S/C19H28N6O10/c1-8(26)15(19(34)35)25-18(33)12(4-9-6-21-7-22-9)24-17(32)11(2-3-13(27)28)23-16(31)10(20)5-14(29)30/h6-8,10-12,15,26H,2-5,20H2,1H3,(H,21,22)(H,23,31)(H,24,32)(H,25,33)(H,27,28)(H,29,30)(H,34,35). The van der Waals surface area contributed by atoms with Crippen LogP contribution in [0, 0.1) is 0 Å². The maximum Gasteiger partial charge on any atom is 0.328 e. The van der Waals surface area contributed by atoms with E-state index in [4.69, 9.17) is 15.9 Å². The Morgan fingerprint density at radius 1 is 0.971 bits per heavy atom. The largest absolute Gasteiger partial charge is 0.481 e. The molecule has 35 heavy (non-hydrogen) atoms. The summed E-state index contributed by atoms with van der Waals surface area (Å²) in [6.07, 6.45) is -0.782. The molecule has 0 fully saturated rings. The second-order valence-corrected chi connectivity index (χ2v) is 7.61. The molecule has 16 nitrogen and oxygen atoms in total. The zero-order chi connectivity index (χ0) is 26.7. The molecule has 1 aromatic rings. The Bertz CT molecular complexity index is 919. The minimum absolute atomic E-state index is 0.207. The second kappa shape index (κ2) is 13.6. The number of nitrogens with zero attached hydrogens (tertiary/aromatic N) is 1. The molecule has 16 heteroatoms. The number of imidazole rings is 1. The van der Waals surface area contributed by atoms with Crippen LogP contribution in [-0.4, -0.2) is 96.3 Å². The minimum atomic E-state index is -1.69. The first kappa shape index (κ1) is 29.0. The number of nitrogens with two attached hydrogens (primary N) is 1. The summed E-state index contributed by atoms with van der Waals surface area (Å²) in [5, 5.41) is 43.1. The van der Waals surface area contributed by atoms with Gasteiger partial charge in [-0.2, -0.15) is 0 Å². The van der Waals surface area contributed by atoms with Crippen molar-refractivity contribution in [2.45, 2.75) is 62.9 Å². The van der Waals surface area contributed by atoms with Crippen LogP contribution in [0.2, 0.25) is 0 Å². The fraction of sp³-hybridized carbons (Fsp3) is 0.526. The number of aromatic nitrogens is 2. The Labute approximate surface area is 198 Å². The Hall–Kier alpha value is -4.05. The molecule has 0 saturated carbocycles. The summed E-state index contributed by atoms with van der Waals surface area (Å²) in [5.41, 5.74) is 5.84. The van der Waals surface area contributed by atoms with Crippen molar-refractivity contribution in [1.82, 2.24) is 25.9 Å². The van der Waals surface area contributed by atoms with Gasteiger partial charge in [-0.15, -0.1) is 0 Å². The highest BCUT2D eigenvalue weighted by molar-refractivity contribution is 5.95. The van der Waals surface area contributed by atoms with Gasteiger partial charge < -0.3 is 47.1 Å². The molecule has 1 aromatic heterocycles. The van der Waals surface area contributed by atoms with E-state index in [0.29, 0.717) is 5.69 Å². The third-order valence-electron chi connectivity index (χ3n) is 4.67. The first-order chi connectivity index (χ1) is 16.3. The van der Waals surface area contributed by atoms with Gasteiger partial charge in [0, 0.05) is 24.7 Å². The van der Waals surface area contributed by atoms with E-state index in [2.05, 4.69) is 25.9 Å². The average molecular weight is 500 g/mol. The lowest BCUT2D eigenvalue weighted by Gasteiger charge is -2.25. The molecule has 0 aliphatic rings. The van der Waals surface area contributed by atoms with Crippen molar-refractivity contribution in [1.29, 1.82) is 0 Å². The van der Waals surface area contributed by atoms with Crippen molar-refractivity contribution in [3.8, 4) is 0 Å². The molecule has 0 aromatic carbocycles. The lowest BCUT2D eigenvalue weighted by molar-refractivity contribution is -0.145. The molecule has 10 N–H and O–H groups in total. The number of carbonyl (C=O) groups excluding carboxylic acids is 3. The highest BCUT2D eigenvalue weighted by atomic mass is 16.4. The third kappa shape index (κ3) is 10.2. The number of hydrogen-bond acceptors (Lipinski definition) is 9. The van der Waals surface area contributed by atoms with E-state index < -0.39 is 85.2 Å². The summed E-state index contributed by atoms with van der Waals surface area (Å²) in [7, 11) is 0. The summed E-state index contributed by atoms with van der Waals surface area (Å²) in [5.74, 6) is -7.23. The molecular weight excluding hydrogens is 472 g/mol. The number of aliphatic hydroxyl groups is 1. The first-order valence-electron chi connectivity index (χ1n) is 10.3. The van der Waals surface area contributed by atoms with Crippen LogP contribution in [0.5, 0.6) is 0 Å². The lowest BCUT2D eigenvalue weighted by Crippen LogP contribution is -2.59. The minimum Gasteiger partial charge on any atom is -0.481 e. The number of aliphatic hydroxyl groups excluding tert-OH is 1. The van der Waals surface area contributed by atoms with Gasteiger partial charge >= 0.3 is 17.9 Å². The molecular formula is C19H28N6O10. The first-order valence-corrected chi connectivity index (χ1v) is 10.3. The van der Waals surface area contributed by atoms with E-state index in [9.17, 15) is 39.0 Å². The summed E-state index contributed by atoms with van der Waals surface area (Å²) in [4.78, 5) is 77.4. The van der Waals surface area contributed by atoms with E-state index in [0.717, 1.165) is 6.92 Å². The quantitative estimate of drug-likeness (QED) is 0.114. The van der Waals surface area contributed by atoms with Crippen molar-refractivity contribution in [2.75, 3.05) is 0 Å². The van der Waals surface area contributed by atoms with Crippen molar-refractivity contribution in [2.24, 2.45) is 5.73 Å². The fourth-order valence-electron chi connectivity index (χ4n) is 2.84. The zero-order valence-corrected chi connectivity index (χ0v) is 18.6. The van der Waals surface area contributed by atoms with Gasteiger partial charge in [0.15, 0.2) is 6.04 Å². The molecule has 5 unspecified atom stereocenters. The number of amides is 3. The van der Waals surface area contributed by atoms with Gasteiger partial charge in [-0.3, -0.25) is 24.0 Å². The fourth-order valence-corrected chi connectivity index (χ4v) is 2.84. The van der Waals surface area contributed by atoms with E-state index in [-0.39, 0.29) is 6.42 Å². The number of rotatable bonds is 15. The van der Waals surface area contributed by atoms with Crippen LogP contribution < -0.4 is 21.7 Å². The predicted octanol–water partition coefficient (Wildman–Crippen LogP) is -3.46. The zero-order valence-electron chi connectivity index (χ0n) is 18.6. The SMILES string of the molecule is CC(O)C(NC(=O)C(Cc1cnc[nH]1)NC(=O)C(CCC(=O)O)NC(=O)C(N)CC(=O)O)C(=O)O. The predicted molar refractivity (Wildman–Crippen MR) is 114 cm³/mol. The van der Waals surface area contributed by atoms with Crippen LogP contribution in [0.3, 0.4) is 0 Å². The van der Waals surface area contributed by atoms with Crippen LogP contribution in [0.25, 0.3) is 0 Å². The number of carboxylic acids is 3. The van der Waals surface area contributed by atoms with Gasteiger partial charge in [-0.25, -0.2) is 9.78 Å². The van der Waals surface area contributed by atoms with Crippen LogP contribution in [0.4, 0.5) is 0 Å². The van der Waals surface area contributed by atoms with Crippen molar-refractivity contribution in [3.05, 3.63) is 18.2 Å². The molecule has 1 rings (SSSR count). The molecule has 0 bridgehead atoms. The van der Waals surface area contributed by atoms with Gasteiger partial charge in [0.1, 0.15) is 12.1 Å². The number of carboxylic acid groups (broad SMARTS) is 3. The highest BCUT2D eigenvalue weighted by Gasteiger charge is 2.32. The summed E-state index contributed by atoms with van der Waals surface area (Å²) in [6, 6.07) is -6.16. The second-order valence-electron chi connectivity index (χ2n) is 7.61. The van der Waals surface area contributed by atoms with E-state index in [1.807, 2.05) is 0 Å². The number of nitrogens with one attached hydrogen (secondary N) is 4. The van der Waals surface area contributed by atoms with E-state index >= 15 is 0 Å². The Morgan fingerprint density at radius 2 is 1.57 bits per heavy atom. The molecule has 1 heterocycles. The maximum atomic E-state index is 12.9. The van der Waals surface area contributed by atoms with Crippen LogP contribution in [0.15, 0.2) is 12.5 Å². The van der Waals surface area contributed by atoms with Crippen molar-refractivity contribution < 1.29 is 49.2 Å². The van der Waals surface area contributed by atoms with E-state index in [1.165, 1.54) is 12.5 Å². The lowest BCUT2D eigenvalue weighted by atomic mass is 10.1. The van der Waals surface area contributed by atoms with Gasteiger partial charge in [0.25, 0.3) is 0 Å². The summed E-state index contributed by atoms with van der Waals surface area (Å²) in [6.45, 7) is 1.14. The number of carbonyl (C=O) groups is 6. The van der Waals surface area contributed by atoms with Crippen molar-refractivity contribution in [3.63, 3.8) is 0 Å². The summed E-state index contributed by atoms with van der Waals surface area (Å²) >= 11 is 0. The Balaban J connectivity index is 3.09. The normalized spacial score (nSPS) is 15.1. The number of aromatic amines is 1. The van der Waals surface area contributed by atoms with Gasteiger partial charge in [0.05, 0.1) is 24.9 Å². The topological polar surface area (TPSA) is 274 Å². The molecule has 0 spiro atoms. The molecule has 0 aliphatic heterocycles. The molecule has 0 saturated heterocycles. The maximum absolute atomic E-state index is 12.9. The molecule has 0 aliphatic carbocycles. The highest BCUT2D eigenvalue weighted by Crippen LogP contribution is 2.05. The van der Waals surface area contributed by atoms with Gasteiger partial charge in [0.2, 0.25) is 17.7 Å². The monoisotopic (exact) mass is 500 g/mol. The smallest absolute Gasteiger partial charge is 0.328 e. The average Bonchev–Trinajstić information content (AvgIpc) is 3.25. The molecule has 0 radical (unpaired) electrons. The Kier molecular flexibility index (Phi) is 11.3. The van der Waals surface area contributed by atoms with Crippen molar-refractivity contribution >= 4 is 35.6 Å². The van der Waals surface area contributed by atoms with Crippen LogP contribution >= 0.6 is 0 Å².